The Morgan fingerprint density at radius 1 is 1.10 bits per heavy atom. The summed E-state index contributed by atoms with van der Waals surface area (Å²) in [6.45, 7) is 9.49. The van der Waals surface area contributed by atoms with Crippen LogP contribution >= 0.6 is 0 Å². The lowest BCUT2D eigenvalue weighted by Gasteiger charge is -2.35. The summed E-state index contributed by atoms with van der Waals surface area (Å²) in [5.41, 5.74) is 0.970. The fourth-order valence-electron chi connectivity index (χ4n) is 4.58. The number of β-amino-alcohol motifs (C(OH)–C–C–N with tert-alkyl or cyclic N) is 1. The van der Waals surface area contributed by atoms with E-state index in [4.69, 9.17) is 11.2 Å². The summed E-state index contributed by atoms with van der Waals surface area (Å²) in [6, 6.07) is 5.21. The number of amides is 3. The van der Waals surface area contributed by atoms with E-state index >= 15 is 0 Å². The monoisotopic (exact) mass is 541 g/mol. The van der Waals surface area contributed by atoms with Crippen molar-refractivity contribution in [2.75, 3.05) is 13.2 Å². The van der Waals surface area contributed by atoms with Crippen LogP contribution in [0, 0.1) is 17.8 Å². The zero-order chi connectivity index (χ0) is 29.2. The van der Waals surface area contributed by atoms with Crippen LogP contribution in [0.15, 0.2) is 24.3 Å². The van der Waals surface area contributed by atoms with E-state index in [1.807, 2.05) is 39.8 Å². The van der Waals surface area contributed by atoms with Crippen LogP contribution in [0.25, 0.3) is 0 Å². The lowest BCUT2D eigenvalue weighted by Crippen LogP contribution is -2.57. The van der Waals surface area contributed by atoms with Gasteiger partial charge in [-0.3, -0.25) is 19.2 Å². The van der Waals surface area contributed by atoms with E-state index in [1.165, 1.54) is 4.90 Å². The van der Waals surface area contributed by atoms with Gasteiger partial charge in [0.25, 0.3) is 0 Å². The Kier molecular flexibility index (Phi) is 12.0. The second kappa shape index (κ2) is 14.7. The predicted molar refractivity (Wildman–Crippen MR) is 148 cm³/mol. The topological polar surface area (TPSA) is 125 Å². The minimum absolute atomic E-state index is 0.0124. The van der Waals surface area contributed by atoms with Gasteiger partial charge in [-0.2, -0.15) is 0 Å². The molecule has 0 radical (unpaired) electrons. The van der Waals surface area contributed by atoms with Gasteiger partial charge in [-0.15, -0.1) is 6.42 Å². The lowest BCUT2D eigenvalue weighted by molar-refractivity contribution is -0.144. The number of rotatable bonds is 12. The number of aliphatic hydroxyl groups is 1. The molecule has 0 saturated carbocycles. The summed E-state index contributed by atoms with van der Waals surface area (Å²) in [4.78, 5) is 52.5. The summed E-state index contributed by atoms with van der Waals surface area (Å²) >= 11 is 0. The predicted octanol–water partition coefficient (Wildman–Crippen LogP) is 2.85. The molecule has 1 aromatic carbocycles. The first-order valence-electron chi connectivity index (χ1n) is 13.7. The molecule has 9 nitrogen and oxygen atoms in total. The average molecular weight is 542 g/mol. The van der Waals surface area contributed by atoms with Crippen molar-refractivity contribution >= 4 is 23.7 Å². The van der Waals surface area contributed by atoms with Gasteiger partial charge < -0.3 is 25.4 Å². The minimum atomic E-state index is -0.876. The number of aliphatic hydroxyl groups excluding tert-OH is 1. The normalized spacial score (nSPS) is 18.5. The number of esters is 1. The van der Waals surface area contributed by atoms with Crippen LogP contribution in [-0.4, -0.2) is 65.0 Å². The van der Waals surface area contributed by atoms with Crippen molar-refractivity contribution in [1.82, 2.24) is 15.5 Å². The van der Waals surface area contributed by atoms with Gasteiger partial charge in [0.1, 0.15) is 12.1 Å². The van der Waals surface area contributed by atoms with E-state index < -0.39 is 29.5 Å². The first-order chi connectivity index (χ1) is 18.4. The summed E-state index contributed by atoms with van der Waals surface area (Å²) < 4.78 is 4.91. The second-order valence-corrected chi connectivity index (χ2v) is 11.1. The number of carbonyl (C=O) groups is 4. The molecule has 214 valence electrons. The zero-order valence-corrected chi connectivity index (χ0v) is 23.8. The smallest absolute Gasteiger partial charge is 0.305 e. The van der Waals surface area contributed by atoms with Crippen molar-refractivity contribution in [3.05, 3.63) is 35.4 Å². The molecule has 0 aliphatic carbocycles. The molecule has 4 atom stereocenters. The molecule has 0 unspecified atom stereocenters. The van der Waals surface area contributed by atoms with Gasteiger partial charge in [-0.05, 0) is 49.8 Å². The molecular formula is C30H43N3O6. The number of nitrogens with one attached hydrogen (secondary N) is 2. The van der Waals surface area contributed by atoms with Crippen molar-refractivity contribution in [1.29, 1.82) is 0 Å². The standard InChI is InChI=1S/C30H43N3O6/c1-7-21-14-16-22(17-15-21)20(3)31-28(37)24-18-23(34)19-33(24)29(38)27(30(4,5)6)32-25(35)12-10-9-11-13-26(36)39-8-2/h1,14-17,20,23-24,27,34H,8-13,18-19H2,2-6H3,(H,31,37)(H,32,35)/t20-,23+,24-,27+/m0/s1. The summed E-state index contributed by atoms with van der Waals surface area (Å²) in [5, 5.41) is 16.2. The van der Waals surface area contributed by atoms with Crippen LogP contribution < -0.4 is 10.6 Å². The number of hydrogen-bond acceptors (Lipinski definition) is 6. The maximum atomic E-state index is 13.7. The highest BCUT2D eigenvalue weighted by Gasteiger charge is 2.44. The van der Waals surface area contributed by atoms with E-state index in [9.17, 15) is 24.3 Å². The maximum Gasteiger partial charge on any atom is 0.305 e. The number of terminal acetylenes is 1. The highest BCUT2D eigenvalue weighted by Crippen LogP contribution is 2.27. The Hall–Kier alpha value is -3.38. The number of benzene rings is 1. The van der Waals surface area contributed by atoms with Gasteiger partial charge in [0.15, 0.2) is 0 Å². The van der Waals surface area contributed by atoms with Gasteiger partial charge in [0.2, 0.25) is 17.7 Å². The first-order valence-corrected chi connectivity index (χ1v) is 13.7. The quantitative estimate of drug-likeness (QED) is 0.212. The molecule has 1 heterocycles. The Morgan fingerprint density at radius 2 is 1.74 bits per heavy atom. The molecule has 1 saturated heterocycles. The van der Waals surface area contributed by atoms with Crippen LogP contribution in [0.4, 0.5) is 0 Å². The van der Waals surface area contributed by atoms with Crippen LogP contribution in [0.1, 0.15) is 90.3 Å². The van der Waals surface area contributed by atoms with Gasteiger partial charge in [-0.1, -0.05) is 45.2 Å². The number of unbranched alkanes of at least 4 members (excludes halogenated alkanes) is 2. The molecule has 1 aliphatic rings. The van der Waals surface area contributed by atoms with E-state index in [1.54, 1.807) is 19.1 Å². The fraction of sp³-hybridized carbons (Fsp3) is 0.600. The van der Waals surface area contributed by atoms with Gasteiger partial charge in [0.05, 0.1) is 18.8 Å². The zero-order valence-electron chi connectivity index (χ0n) is 23.8. The fourth-order valence-corrected chi connectivity index (χ4v) is 4.58. The lowest BCUT2D eigenvalue weighted by atomic mass is 9.85. The molecular weight excluding hydrogens is 498 g/mol. The molecule has 1 aliphatic heterocycles. The van der Waals surface area contributed by atoms with Gasteiger partial charge >= 0.3 is 5.97 Å². The number of nitrogens with zero attached hydrogens (tertiary/aromatic N) is 1. The van der Waals surface area contributed by atoms with Crippen molar-refractivity contribution in [3.63, 3.8) is 0 Å². The van der Waals surface area contributed by atoms with Gasteiger partial charge in [-0.25, -0.2) is 0 Å². The van der Waals surface area contributed by atoms with Crippen molar-refractivity contribution < 1.29 is 29.0 Å². The molecule has 3 amide bonds. The molecule has 9 heteroatoms. The molecule has 0 aromatic heterocycles. The van der Waals surface area contributed by atoms with Crippen LogP contribution in [-0.2, 0) is 23.9 Å². The summed E-state index contributed by atoms with van der Waals surface area (Å²) in [6.07, 6.45) is 7.10. The second-order valence-electron chi connectivity index (χ2n) is 11.1. The van der Waals surface area contributed by atoms with E-state index in [2.05, 4.69) is 16.6 Å². The van der Waals surface area contributed by atoms with Crippen LogP contribution in [0.3, 0.4) is 0 Å². The highest BCUT2D eigenvalue weighted by atomic mass is 16.5. The van der Waals surface area contributed by atoms with E-state index in [0.717, 1.165) is 11.1 Å². The number of hydrogen-bond donors (Lipinski definition) is 3. The molecule has 2 rings (SSSR count). The van der Waals surface area contributed by atoms with Crippen molar-refractivity contribution in [3.8, 4) is 12.3 Å². The molecule has 1 aromatic rings. The van der Waals surface area contributed by atoms with Crippen LogP contribution in [0.2, 0.25) is 0 Å². The highest BCUT2D eigenvalue weighted by molar-refractivity contribution is 5.93. The number of ether oxygens (including phenoxy) is 1. The number of likely N-dealkylation sites (tertiary alicyclic amines) is 1. The summed E-state index contributed by atoms with van der Waals surface area (Å²) in [5.74, 6) is 1.27. The van der Waals surface area contributed by atoms with E-state index in [0.29, 0.717) is 32.3 Å². The van der Waals surface area contributed by atoms with Crippen LogP contribution in [0.5, 0.6) is 0 Å². The Bertz CT molecular complexity index is 1040. The Balaban J connectivity index is 2.01. The first kappa shape index (κ1) is 31.8. The molecule has 1 fully saturated rings. The molecule has 0 bridgehead atoms. The molecule has 3 N–H and O–H groups in total. The third-order valence-electron chi connectivity index (χ3n) is 6.81. The molecule has 39 heavy (non-hydrogen) atoms. The third kappa shape index (κ3) is 9.70. The largest absolute Gasteiger partial charge is 0.466 e. The minimum Gasteiger partial charge on any atom is -0.466 e. The van der Waals surface area contributed by atoms with Gasteiger partial charge in [0, 0.05) is 31.4 Å². The average Bonchev–Trinajstić information content (AvgIpc) is 3.28. The van der Waals surface area contributed by atoms with Crippen molar-refractivity contribution in [2.45, 2.75) is 97.4 Å². The molecule has 0 spiro atoms. The maximum absolute atomic E-state index is 13.7. The Labute approximate surface area is 232 Å². The SMILES string of the molecule is C#Cc1ccc([C@H](C)NC(=O)[C@@H]2C[C@@H](O)CN2C(=O)[C@@H](NC(=O)CCCCCC(=O)OCC)C(C)(C)C)cc1. The Morgan fingerprint density at radius 3 is 2.33 bits per heavy atom. The van der Waals surface area contributed by atoms with Crippen molar-refractivity contribution in [2.24, 2.45) is 5.41 Å². The summed E-state index contributed by atoms with van der Waals surface area (Å²) in [7, 11) is 0. The third-order valence-corrected chi connectivity index (χ3v) is 6.81. The van der Waals surface area contributed by atoms with E-state index in [-0.39, 0.29) is 43.2 Å². The number of carbonyl (C=O) groups excluding carboxylic acids is 4.